The number of aromatic nitrogens is 3. The van der Waals surface area contributed by atoms with Crippen LogP contribution in [-0.2, 0) is 0 Å². The third-order valence-electron chi connectivity index (χ3n) is 3.08. The summed E-state index contributed by atoms with van der Waals surface area (Å²) in [5.74, 6) is -2.16. The summed E-state index contributed by atoms with van der Waals surface area (Å²) in [4.78, 5) is 25.9. The van der Waals surface area contributed by atoms with Gasteiger partial charge in [-0.15, -0.1) is 0 Å². The van der Waals surface area contributed by atoms with Gasteiger partial charge in [-0.1, -0.05) is 12.1 Å². The fourth-order valence-electron chi connectivity index (χ4n) is 2.07. The summed E-state index contributed by atoms with van der Waals surface area (Å²) in [6.07, 6.45) is 1.55. The van der Waals surface area contributed by atoms with E-state index in [1.165, 1.54) is 18.2 Å². The van der Waals surface area contributed by atoms with Gasteiger partial charge in [0.15, 0.2) is 11.3 Å². The molecule has 0 saturated carbocycles. The number of carbonyl (C=O) groups is 2. The molecule has 3 rings (SSSR count). The number of rotatable bonds is 3. The standard InChI is InChI=1S/C14H9N3O4/c18-13(19)8-3-1-7(2-4-8)9-5-11(14(20)21)16-12-10(9)6-15-17-12/h1-6H,(H,18,19)(H,20,21)(H,15,16,17). The predicted molar refractivity (Wildman–Crippen MR) is 73.2 cm³/mol. The minimum Gasteiger partial charge on any atom is -0.478 e. The van der Waals surface area contributed by atoms with Gasteiger partial charge in [0, 0.05) is 5.39 Å². The maximum Gasteiger partial charge on any atom is 0.354 e. The first-order valence-corrected chi connectivity index (χ1v) is 5.97. The summed E-state index contributed by atoms with van der Waals surface area (Å²) in [7, 11) is 0. The number of benzene rings is 1. The number of nitrogens with zero attached hydrogens (tertiary/aromatic N) is 2. The number of aromatic carboxylic acids is 2. The molecule has 21 heavy (non-hydrogen) atoms. The van der Waals surface area contributed by atoms with E-state index in [0.717, 1.165) is 0 Å². The van der Waals surface area contributed by atoms with E-state index < -0.39 is 11.9 Å². The van der Waals surface area contributed by atoms with Crippen LogP contribution in [0, 0.1) is 0 Å². The topological polar surface area (TPSA) is 116 Å². The van der Waals surface area contributed by atoms with Crippen LogP contribution in [0.1, 0.15) is 20.8 Å². The number of nitrogens with one attached hydrogen (secondary N) is 1. The van der Waals surface area contributed by atoms with Gasteiger partial charge in [0.2, 0.25) is 0 Å². The zero-order valence-corrected chi connectivity index (χ0v) is 10.6. The van der Waals surface area contributed by atoms with E-state index in [4.69, 9.17) is 10.2 Å². The van der Waals surface area contributed by atoms with E-state index >= 15 is 0 Å². The zero-order valence-electron chi connectivity index (χ0n) is 10.6. The highest BCUT2D eigenvalue weighted by Crippen LogP contribution is 2.28. The van der Waals surface area contributed by atoms with Crippen molar-refractivity contribution >= 4 is 23.0 Å². The van der Waals surface area contributed by atoms with Gasteiger partial charge in [-0.2, -0.15) is 5.10 Å². The molecule has 3 N–H and O–H groups in total. The molecule has 0 atom stereocenters. The Bertz CT molecular complexity index is 852. The predicted octanol–water partition coefficient (Wildman–Crippen LogP) is 2.02. The molecule has 0 bridgehead atoms. The summed E-state index contributed by atoms with van der Waals surface area (Å²) in [5.41, 5.74) is 1.74. The number of carboxylic acid groups (broad SMARTS) is 2. The molecular formula is C14H9N3O4. The molecule has 0 spiro atoms. The van der Waals surface area contributed by atoms with E-state index in [2.05, 4.69) is 15.2 Å². The van der Waals surface area contributed by atoms with Crippen LogP contribution < -0.4 is 0 Å². The molecule has 0 aliphatic heterocycles. The van der Waals surface area contributed by atoms with Crippen molar-refractivity contribution in [1.82, 2.24) is 15.2 Å². The van der Waals surface area contributed by atoms with E-state index in [0.29, 0.717) is 22.2 Å². The third-order valence-corrected chi connectivity index (χ3v) is 3.08. The summed E-state index contributed by atoms with van der Waals surface area (Å²) in [6, 6.07) is 7.61. The second kappa shape index (κ2) is 4.71. The number of H-pyrrole nitrogens is 1. The van der Waals surface area contributed by atoms with E-state index in [9.17, 15) is 9.59 Å². The molecule has 2 heterocycles. The van der Waals surface area contributed by atoms with Crippen molar-refractivity contribution in [3.8, 4) is 11.1 Å². The van der Waals surface area contributed by atoms with E-state index in [-0.39, 0.29) is 11.3 Å². The van der Waals surface area contributed by atoms with Gasteiger partial charge in [-0.05, 0) is 29.3 Å². The molecule has 0 unspecified atom stereocenters. The normalized spacial score (nSPS) is 10.7. The van der Waals surface area contributed by atoms with Gasteiger partial charge < -0.3 is 10.2 Å². The average molecular weight is 283 g/mol. The van der Waals surface area contributed by atoms with Gasteiger partial charge >= 0.3 is 11.9 Å². The fraction of sp³-hybridized carbons (Fsp3) is 0. The van der Waals surface area contributed by atoms with Crippen molar-refractivity contribution in [1.29, 1.82) is 0 Å². The molecule has 0 aliphatic rings. The number of fused-ring (bicyclic) bond motifs is 1. The SMILES string of the molecule is O=C(O)c1ccc(-c2cc(C(=O)O)nc3[nH]ncc23)cc1. The summed E-state index contributed by atoms with van der Waals surface area (Å²) in [6.45, 7) is 0. The molecule has 0 aliphatic carbocycles. The van der Waals surface area contributed by atoms with Gasteiger partial charge in [-0.25, -0.2) is 14.6 Å². The highest BCUT2D eigenvalue weighted by molar-refractivity contribution is 5.98. The molecule has 0 radical (unpaired) electrons. The molecule has 7 nitrogen and oxygen atoms in total. The summed E-state index contributed by atoms with van der Waals surface area (Å²) < 4.78 is 0. The van der Waals surface area contributed by atoms with Gasteiger partial charge in [0.1, 0.15) is 0 Å². The van der Waals surface area contributed by atoms with Crippen LogP contribution in [0.25, 0.3) is 22.2 Å². The highest BCUT2D eigenvalue weighted by Gasteiger charge is 2.14. The summed E-state index contributed by atoms with van der Waals surface area (Å²) in [5, 5.41) is 25.2. The lowest BCUT2D eigenvalue weighted by Crippen LogP contribution is -2.01. The van der Waals surface area contributed by atoms with Crippen LogP contribution in [0.3, 0.4) is 0 Å². The Morgan fingerprint density at radius 2 is 1.76 bits per heavy atom. The van der Waals surface area contributed by atoms with Crippen LogP contribution in [-0.4, -0.2) is 37.3 Å². The maximum absolute atomic E-state index is 11.1. The number of aromatic amines is 1. The fourth-order valence-corrected chi connectivity index (χ4v) is 2.07. The first kappa shape index (κ1) is 12.8. The highest BCUT2D eigenvalue weighted by atomic mass is 16.4. The number of hydrogen-bond donors (Lipinski definition) is 3. The monoisotopic (exact) mass is 283 g/mol. The second-order valence-electron chi connectivity index (χ2n) is 4.37. The van der Waals surface area contributed by atoms with E-state index in [1.54, 1.807) is 18.3 Å². The Balaban J connectivity index is 2.20. The largest absolute Gasteiger partial charge is 0.478 e. The molecule has 104 valence electrons. The smallest absolute Gasteiger partial charge is 0.354 e. The van der Waals surface area contributed by atoms with Crippen LogP contribution in [0.15, 0.2) is 36.5 Å². The van der Waals surface area contributed by atoms with Crippen molar-refractivity contribution in [2.75, 3.05) is 0 Å². The van der Waals surface area contributed by atoms with Crippen molar-refractivity contribution in [3.05, 3.63) is 47.8 Å². The first-order valence-electron chi connectivity index (χ1n) is 5.97. The molecule has 7 heteroatoms. The third kappa shape index (κ3) is 2.20. The Morgan fingerprint density at radius 1 is 1.05 bits per heavy atom. The molecule has 1 aromatic carbocycles. The first-order chi connectivity index (χ1) is 10.1. The maximum atomic E-state index is 11.1. The minimum absolute atomic E-state index is 0.107. The average Bonchev–Trinajstić information content (AvgIpc) is 2.94. The van der Waals surface area contributed by atoms with Crippen LogP contribution >= 0.6 is 0 Å². The number of hydrogen-bond acceptors (Lipinski definition) is 4. The van der Waals surface area contributed by atoms with Crippen LogP contribution in [0.2, 0.25) is 0 Å². The molecule has 2 aromatic heterocycles. The van der Waals surface area contributed by atoms with Crippen molar-refractivity contribution in [2.45, 2.75) is 0 Å². The van der Waals surface area contributed by atoms with Gasteiger partial charge in [-0.3, -0.25) is 5.10 Å². The quantitative estimate of drug-likeness (QED) is 0.677. The lowest BCUT2D eigenvalue weighted by Gasteiger charge is -2.05. The lowest BCUT2D eigenvalue weighted by atomic mass is 10.0. The molecule has 0 amide bonds. The number of carboxylic acids is 2. The van der Waals surface area contributed by atoms with Crippen molar-refractivity contribution in [3.63, 3.8) is 0 Å². The van der Waals surface area contributed by atoms with Gasteiger partial charge in [0.05, 0.1) is 11.8 Å². The minimum atomic E-state index is -1.14. The Labute approximate surface area is 117 Å². The lowest BCUT2D eigenvalue weighted by molar-refractivity contribution is 0.0683. The van der Waals surface area contributed by atoms with Gasteiger partial charge in [0.25, 0.3) is 0 Å². The molecule has 3 aromatic rings. The Morgan fingerprint density at radius 3 is 2.38 bits per heavy atom. The Hall–Kier alpha value is -3.22. The molecule has 0 fully saturated rings. The zero-order chi connectivity index (χ0) is 15.0. The van der Waals surface area contributed by atoms with Crippen LogP contribution in [0.4, 0.5) is 0 Å². The van der Waals surface area contributed by atoms with Crippen molar-refractivity contribution < 1.29 is 19.8 Å². The van der Waals surface area contributed by atoms with E-state index in [1.807, 2.05) is 0 Å². The number of pyridine rings is 1. The molecular weight excluding hydrogens is 274 g/mol. The second-order valence-corrected chi connectivity index (χ2v) is 4.37. The Kier molecular flexibility index (Phi) is 2.87. The summed E-state index contributed by atoms with van der Waals surface area (Å²) >= 11 is 0. The van der Waals surface area contributed by atoms with Crippen molar-refractivity contribution in [2.24, 2.45) is 0 Å². The molecule has 0 saturated heterocycles. The van der Waals surface area contributed by atoms with Crippen LogP contribution in [0.5, 0.6) is 0 Å².